The van der Waals surface area contributed by atoms with Crippen LogP contribution in [-0.4, -0.2) is 34.9 Å². The second kappa shape index (κ2) is 9.07. The third-order valence-electron chi connectivity index (χ3n) is 6.89. The molecule has 2 aliphatic rings. The molecular formula is C26H30N4O2. The number of H-pyrrole nitrogens is 1. The number of nitrogens with one attached hydrogen (secondary N) is 3. The Bertz CT molecular complexity index is 1080. The third kappa shape index (κ3) is 4.49. The highest BCUT2D eigenvalue weighted by atomic mass is 16.2. The number of urea groups is 1. The minimum absolute atomic E-state index is 0.0241. The zero-order valence-corrected chi connectivity index (χ0v) is 18.3. The third-order valence-corrected chi connectivity index (χ3v) is 6.89. The molecule has 3 aromatic rings. The van der Waals surface area contributed by atoms with Crippen molar-refractivity contribution >= 4 is 28.5 Å². The molecule has 32 heavy (non-hydrogen) atoms. The second-order valence-electron chi connectivity index (χ2n) is 9.05. The predicted octanol–water partition coefficient (Wildman–Crippen LogP) is 5.00. The number of hydrogen-bond donors (Lipinski definition) is 3. The number of piperidine rings is 1. The summed E-state index contributed by atoms with van der Waals surface area (Å²) < 4.78 is 0. The molecule has 3 N–H and O–H groups in total. The fraction of sp³-hybridized carbons (Fsp3) is 0.385. The van der Waals surface area contributed by atoms with E-state index in [2.05, 4.69) is 39.9 Å². The van der Waals surface area contributed by atoms with Crippen LogP contribution in [0.3, 0.4) is 0 Å². The number of amides is 3. The molecule has 1 aliphatic heterocycles. The van der Waals surface area contributed by atoms with Gasteiger partial charge < -0.3 is 20.5 Å². The Hall–Kier alpha value is -3.28. The number of rotatable bonds is 5. The van der Waals surface area contributed by atoms with Gasteiger partial charge in [-0.2, -0.15) is 0 Å². The Morgan fingerprint density at radius 2 is 1.78 bits per heavy atom. The quantitative estimate of drug-likeness (QED) is 0.533. The summed E-state index contributed by atoms with van der Waals surface area (Å²) in [5.74, 6) is 0.725. The second-order valence-corrected chi connectivity index (χ2v) is 9.05. The van der Waals surface area contributed by atoms with E-state index in [1.807, 2.05) is 35.2 Å². The summed E-state index contributed by atoms with van der Waals surface area (Å²) in [5, 5.41) is 7.28. The lowest BCUT2D eigenvalue weighted by atomic mass is 9.85. The van der Waals surface area contributed by atoms with Gasteiger partial charge in [-0.05, 0) is 60.9 Å². The Kier molecular flexibility index (Phi) is 5.84. The molecule has 1 aliphatic carbocycles. The molecule has 0 spiro atoms. The van der Waals surface area contributed by atoms with E-state index in [1.165, 1.54) is 16.6 Å². The lowest BCUT2D eigenvalue weighted by Crippen LogP contribution is -2.43. The molecule has 166 valence electrons. The highest BCUT2D eigenvalue weighted by Crippen LogP contribution is 2.30. The molecule has 6 nitrogen and oxygen atoms in total. The van der Waals surface area contributed by atoms with E-state index in [-0.39, 0.29) is 17.9 Å². The van der Waals surface area contributed by atoms with Gasteiger partial charge >= 0.3 is 6.03 Å². The molecule has 0 radical (unpaired) electrons. The monoisotopic (exact) mass is 430 g/mol. The SMILES string of the molecule is O=C(Nc1cccc(CNC(=O)N2CCC(c3cc4ccccc4[nH]3)CC2)c1)C1CCC1. The minimum Gasteiger partial charge on any atom is -0.358 e. The minimum atomic E-state index is -0.0241. The van der Waals surface area contributed by atoms with Crippen LogP contribution < -0.4 is 10.6 Å². The average Bonchev–Trinajstić information content (AvgIpc) is 3.21. The number of hydrogen-bond acceptors (Lipinski definition) is 2. The van der Waals surface area contributed by atoms with Gasteiger partial charge in [0, 0.05) is 48.4 Å². The first-order valence-electron chi connectivity index (χ1n) is 11.7. The highest BCUT2D eigenvalue weighted by molar-refractivity contribution is 5.93. The lowest BCUT2D eigenvalue weighted by molar-refractivity contribution is -0.122. The van der Waals surface area contributed by atoms with E-state index < -0.39 is 0 Å². The van der Waals surface area contributed by atoms with Gasteiger partial charge in [-0.3, -0.25) is 4.79 Å². The fourth-order valence-corrected chi connectivity index (χ4v) is 4.67. The number of carbonyl (C=O) groups excluding carboxylic acids is 2. The van der Waals surface area contributed by atoms with Crippen LogP contribution in [0.5, 0.6) is 0 Å². The van der Waals surface area contributed by atoms with Crippen LogP contribution in [0.15, 0.2) is 54.6 Å². The van der Waals surface area contributed by atoms with Crippen molar-refractivity contribution in [2.24, 2.45) is 5.92 Å². The van der Waals surface area contributed by atoms with Crippen molar-refractivity contribution in [3.05, 3.63) is 65.9 Å². The van der Waals surface area contributed by atoms with E-state index in [9.17, 15) is 9.59 Å². The van der Waals surface area contributed by atoms with Gasteiger partial charge in [0.2, 0.25) is 5.91 Å². The summed E-state index contributed by atoms with van der Waals surface area (Å²) in [6.07, 6.45) is 5.03. The maximum atomic E-state index is 12.7. The van der Waals surface area contributed by atoms with Crippen molar-refractivity contribution in [1.82, 2.24) is 15.2 Å². The maximum absolute atomic E-state index is 12.7. The zero-order chi connectivity index (χ0) is 21.9. The number of aromatic amines is 1. The van der Waals surface area contributed by atoms with E-state index in [0.717, 1.165) is 56.4 Å². The van der Waals surface area contributed by atoms with Gasteiger partial charge in [-0.1, -0.05) is 36.8 Å². The molecule has 2 heterocycles. The number of likely N-dealkylation sites (tertiary alicyclic amines) is 1. The summed E-state index contributed by atoms with van der Waals surface area (Å²) in [6, 6.07) is 18.3. The summed E-state index contributed by atoms with van der Waals surface area (Å²) >= 11 is 0. The zero-order valence-electron chi connectivity index (χ0n) is 18.3. The Labute approximate surface area is 188 Å². The number of anilines is 1. The lowest BCUT2D eigenvalue weighted by Gasteiger charge is -2.31. The van der Waals surface area contributed by atoms with E-state index in [0.29, 0.717) is 12.5 Å². The van der Waals surface area contributed by atoms with E-state index in [1.54, 1.807) is 0 Å². The van der Waals surface area contributed by atoms with Gasteiger partial charge in [-0.15, -0.1) is 0 Å². The molecule has 1 aromatic heterocycles. The largest absolute Gasteiger partial charge is 0.358 e. The van der Waals surface area contributed by atoms with Crippen LogP contribution in [-0.2, 0) is 11.3 Å². The van der Waals surface area contributed by atoms with E-state index in [4.69, 9.17) is 0 Å². The van der Waals surface area contributed by atoms with Crippen molar-refractivity contribution in [2.45, 2.75) is 44.6 Å². The molecule has 0 bridgehead atoms. The summed E-state index contributed by atoms with van der Waals surface area (Å²) in [4.78, 5) is 30.3. The first-order chi connectivity index (χ1) is 15.7. The van der Waals surface area contributed by atoms with Gasteiger partial charge in [0.1, 0.15) is 0 Å². The van der Waals surface area contributed by atoms with E-state index >= 15 is 0 Å². The first-order valence-corrected chi connectivity index (χ1v) is 11.7. The number of nitrogens with zero attached hydrogens (tertiary/aromatic N) is 1. The number of para-hydroxylation sites is 1. The predicted molar refractivity (Wildman–Crippen MR) is 126 cm³/mol. The van der Waals surface area contributed by atoms with Gasteiger partial charge in [0.25, 0.3) is 0 Å². The first kappa shape index (κ1) is 20.6. The average molecular weight is 431 g/mol. The molecule has 3 amide bonds. The summed E-state index contributed by atoms with van der Waals surface area (Å²) in [7, 11) is 0. The Morgan fingerprint density at radius 1 is 0.969 bits per heavy atom. The molecule has 6 heteroatoms. The van der Waals surface area contributed by atoms with Crippen LogP contribution in [0, 0.1) is 5.92 Å². The van der Waals surface area contributed by atoms with Crippen LogP contribution in [0.25, 0.3) is 10.9 Å². The standard InChI is InChI=1S/C26H30N4O2/c31-25(20-7-4-8-20)28-22-9-3-5-18(15-22)17-27-26(32)30-13-11-19(12-14-30)24-16-21-6-1-2-10-23(21)29-24/h1-3,5-6,9-10,15-16,19-20,29H,4,7-8,11-14,17H2,(H,27,32)(H,28,31). The number of aromatic nitrogens is 1. The molecule has 2 fully saturated rings. The molecule has 5 rings (SSSR count). The van der Waals surface area contributed by atoms with Crippen LogP contribution in [0.1, 0.15) is 49.3 Å². The normalized spacial score (nSPS) is 17.2. The smallest absolute Gasteiger partial charge is 0.317 e. The Balaban J connectivity index is 1.11. The summed E-state index contributed by atoms with van der Waals surface area (Å²) in [6.45, 7) is 1.96. The highest BCUT2D eigenvalue weighted by Gasteiger charge is 2.26. The maximum Gasteiger partial charge on any atom is 0.317 e. The van der Waals surface area contributed by atoms with Gasteiger partial charge in [0.05, 0.1) is 0 Å². The molecule has 0 atom stereocenters. The van der Waals surface area contributed by atoms with Gasteiger partial charge in [0.15, 0.2) is 0 Å². The van der Waals surface area contributed by atoms with Crippen LogP contribution in [0.4, 0.5) is 10.5 Å². The number of fused-ring (bicyclic) bond motifs is 1. The van der Waals surface area contributed by atoms with Crippen molar-refractivity contribution < 1.29 is 9.59 Å². The molecular weight excluding hydrogens is 400 g/mol. The molecule has 1 saturated carbocycles. The van der Waals surface area contributed by atoms with Gasteiger partial charge in [-0.25, -0.2) is 4.79 Å². The van der Waals surface area contributed by atoms with Crippen molar-refractivity contribution in [2.75, 3.05) is 18.4 Å². The van der Waals surface area contributed by atoms with Crippen LogP contribution in [0.2, 0.25) is 0 Å². The Morgan fingerprint density at radius 3 is 2.53 bits per heavy atom. The molecule has 0 unspecified atom stereocenters. The van der Waals surface area contributed by atoms with Crippen molar-refractivity contribution in [1.29, 1.82) is 0 Å². The van der Waals surface area contributed by atoms with Crippen molar-refractivity contribution in [3.8, 4) is 0 Å². The summed E-state index contributed by atoms with van der Waals surface area (Å²) in [5.41, 5.74) is 4.23. The number of benzene rings is 2. The number of carbonyl (C=O) groups is 2. The topological polar surface area (TPSA) is 77.2 Å². The van der Waals surface area contributed by atoms with Crippen molar-refractivity contribution in [3.63, 3.8) is 0 Å². The fourth-order valence-electron chi connectivity index (χ4n) is 4.67. The molecule has 2 aromatic carbocycles. The van der Waals surface area contributed by atoms with Crippen LogP contribution >= 0.6 is 0 Å². The molecule has 1 saturated heterocycles.